The average Bonchev–Trinajstić information content (AvgIpc) is 2.61. The van der Waals surface area contributed by atoms with E-state index in [4.69, 9.17) is 5.73 Å². The zero-order valence-electron chi connectivity index (χ0n) is 15.8. The molecule has 2 saturated heterocycles. The molecule has 2 fully saturated rings. The Kier molecular flexibility index (Phi) is 5.64. The SMILES string of the molecule is CC(C)N1CCN(c2ccc(C(=O)N3CC[C@H](N)C[C@H]3C)cc2)CC1. The van der Waals surface area contributed by atoms with E-state index in [1.54, 1.807) is 0 Å². The fourth-order valence-corrected chi connectivity index (χ4v) is 3.99. The Labute approximate surface area is 151 Å². The molecule has 2 aliphatic rings. The highest BCUT2D eigenvalue weighted by molar-refractivity contribution is 5.94. The van der Waals surface area contributed by atoms with Gasteiger partial charge in [-0.05, 0) is 57.9 Å². The Bertz CT molecular complexity index is 578. The summed E-state index contributed by atoms with van der Waals surface area (Å²) >= 11 is 0. The van der Waals surface area contributed by atoms with Crippen molar-refractivity contribution in [1.82, 2.24) is 9.80 Å². The second-order valence-electron chi connectivity index (χ2n) is 7.80. The fourth-order valence-electron chi connectivity index (χ4n) is 3.99. The number of rotatable bonds is 3. The van der Waals surface area contributed by atoms with Gasteiger partial charge in [0.05, 0.1) is 0 Å². The maximum Gasteiger partial charge on any atom is 0.254 e. The first-order valence-corrected chi connectivity index (χ1v) is 9.61. The minimum atomic E-state index is 0.135. The van der Waals surface area contributed by atoms with Crippen molar-refractivity contribution in [3.8, 4) is 0 Å². The van der Waals surface area contributed by atoms with Crippen LogP contribution in [0.25, 0.3) is 0 Å². The Morgan fingerprint density at radius 1 is 1.08 bits per heavy atom. The number of nitrogens with two attached hydrogens (primary N) is 1. The number of carbonyl (C=O) groups is 1. The van der Waals surface area contributed by atoms with Crippen LogP contribution in [0.2, 0.25) is 0 Å². The van der Waals surface area contributed by atoms with Crippen molar-refractivity contribution in [3.63, 3.8) is 0 Å². The Hall–Kier alpha value is -1.59. The van der Waals surface area contributed by atoms with Crippen LogP contribution in [-0.2, 0) is 0 Å². The van der Waals surface area contributed by atoms with Gasteiger partial charge in [-0.1, -0.05) is 0 Å². The summed E-state index contributed by atoms with van der Waals surface area (Å²) in [5, 5.41) is 0. The first kappa shape index (κ1) is 18.2. The van der Waals surface area contributed by atoms with E-state index in [-0.39, 0.29) is 18.0 Å². The van der Waals surface area contributed by atoms with Crippen molar-refractivity contribution in [2.24, 2.45) is 5.73 Å². The molecule has 0 bridgehead atoms. The largest absolute Gasteiger partial charge is 0.369 e. The molecule has 0 radical (unpaired) electrons. The molecule has 0 aromatic heterocycles. The number of amides is 1. The summed E-state index contributed by atoms with van der Waals surface area (Å²) < 4.78 is 0. The van der Waals surface area contributed by atoms with Crippen LogP contribution < -0.4 is 10.6 Å². The van der Waals surface area contributed by atoms with Crippen LogP contribution in [0.4, 0.5) is 5.69 Å². The van der Waals surface area contributed by atoms with Gasteiger partial charge in [-0.3, -0.25) is 9.69 Å². The predicted molar refractivity (Wildman–Crippen MR) is 103 cm³/mol. The molecule has 3 rings (SSSR count). The number of carbonyl (C=O) groups excluding carboxylic acids is 1. The minimum Gasteiger partial charge on any atom is -0.369 e. The molecule has 2 aliphatic heterocycles. The zero-order valence-corrected chi connectivity index (χ0v) is 15.8. The first-order valence-electron chi connectivity index (χ1n) is 9.61. The third kappa shape index (κ3) is 4.15. The standard InChI is InChI=1S/C20H32N4O/c1-15(2)22-10-12-23(13-11-22)19-6-4-17(5-7-19)20(25)24-9-8-18(21)14-16(24)3/h4-7,15-16,18H,8-14,21H2,1-3H3/t16-,18+/m1/s1. The number of piperidine rings is 1. The van der Waals surface area contributed by atoms with Crippen LogP contribution in [0, 0.1) is 0 Å². The van der Waals surface area contributed by atoms with Crippen molar-refractivity contribution in [2.75, 3.05) is 37.6 Å². The van der Waals surface area contributed by atoms with E-state index in [0.717, 1.165) is 51.1 Å². The molecular formula is C20H32N4O. The molecule has 2 heterocycles. The molecule has 1 amide bonds. The highest BCUT2D eigenvalue weighted by Crippen LogP contribution is 2.22. The van der Waals surface area contributed by atoms with Crippen molar-refractivity contribution < 1.29 is 4.79 Å². The van der Waals surface area contributed by atoms with Gasteiger partial charge in [-0.25, -0.2) is 0 Å². The molecule has 5 heteroatoms. The van der Waals surface area contributed by atoms with Gasteiger partial charge >= 0.3 is 0 Å². The van der Waals surface area contributed by atoms with Crippen LogP contribution in [0.1, 0.15) is 44.0 Å². The lowest BCUT2D eigenvalue weighted by molar-refractivity contribution is 0.0619. The number of anilines is 1. The second kappa shape index (κ2) is 7.75. The third-order valence-electron chi connectivity index (χ3n) is 5.70. The monoisotopic (exact) mass is 344 g/mol. The molecule has 1 aromatic rings. The molecule has 2 N–H and O–H groups in total. The summed E-state index contributed by atoms with van der Waals surface area (Å²) in [5.41, 5.74) is 8.01. The summed E-state index contributed by atoms with van der Waals surface area (Å²) in [5.74, 6) is 0.135. The van der Waals surface area contributed by atoms with Gasteiger partial charge in [-0.15, -0.1) is 0 Å². The van der Waals surface area contributed by atoms with Crippen molar-refractivity contribution in [3.05, 3.63) is 29.8 Å². The minimum absolute atomic E-state index is 0.135. The molecule has 2 atom stereocenters. The van der Waals surface area contributed by atoms with Crippen LogP contribution in [-0.4, -0.2) is 66.6 Å². The highest BCUT2D eigenvalue weighted by Gasteiger charge is 2.27. The van der Waals surface area contributed by atoms with Crippen LogP contribution in [0.5, 0.6) is 0 Å². The quantitative estimate of drug-likeness (QED) is 0.913. The van der Waals surface area contributed by atoms with Crippen molar-refractivity contribution in [2.45, 2.75) is 51.7 Å². The van der Waals surface area contributed by atoms with Gasteiger partial charge in [0, 0.05) is 62.1 Å². The van der Waals surface area contributed by atoms with Crippen molar-refractivity contribution in [1.29, 1.82) is 0 Å². The Morgan fingerprint density at radius 2 is 1.72 bits per heavy atom. The van der Waals surface area contributed by atoms with Crippen LogP contribution in [0.3, 0.4) is 0 Å². The Morgan fingerprint density at radius 3 is 2.28 bits per heavy atom. The average molecular weight is 345 g/mol. The molecular weight excluding hydrogens is 312 g/mol. The third-order valence-corrected chi connectivity index (χ3v) is 5.70. The lowest BCUT2D eigenvalue weighted by Gasteiger charge is -2.38. The summed E-state index contributed by atoms with van der Waals surface area (Å²) in [4.78, 5) is 19.7. The first-order chi connectivity index (χ1) is 12.0. The zero-order chi connectivity index (χ0) is 18.0. The van der Waals surface area contributed by atoms with E-state index in [9.17, 15) is 4.79 Å². The summed E-state index contributed by atoms with van der Waals surface area (Å²) in [7, 11) is 0. The molecule has 5 nitrogen and oxygen atoms in total. The van der Waals surface area contributed by atoms with Gasteiger partial charge in [0.25, 0.3) is 5.91 Å². The van der Waals surface area contributed by atoms with E-state index >= 15 is 0 Å². The van der Waals surface area contributed by atoms with Gasteiger partial charge in [0.2, 0.25) is 0 Å². The topological polar surface area (TPSA) is 52.8 Å². The number of hydrogen-bond acceptors (Lipinski definition) is 4. The van der Waals surface area contributed by atoms with E-state index in [2.05, 4.69) is 42.7 Å². The molecule has 1 aromatic carbocycles. The van der Waals surface area contributed by atoms with E-state index < -0.39 is 0 Å². The lowest BCUT2D eigenvalue weighted by atomic mass is 9.98. The molecule has 0 saturated carbocycles. The number of piperazine rings is 1. The number of likely N-dealkylation sites (tertiary alicyclic amines) is 1. The van der Waals surface area contributed by atoms with Crippen molar-refractivity contribution >= 4 is 11.6 Å². The van der Waals surface area contributed by atoms with Gasteiger partial charge in [0.1, 0.15) is 0 Å². The van der Waals surface area contributed by atoms with Gasteiger partial charge in [0.15, 0.2) is 0 Å². The fraction of sp³-hybridized carbons (Fsp3) is 0.650. The van der Waals surface area contributed by atoms with E-state index in [1.165, 1.54) is 5.69 Å². The maximum absolute atomic E-state index is 12.8. The lowest BCUT2D eigenvalue weighted by Crippen LogP contribution is -2.49. The van der Waals surface area contributed by atoms with Gasteiger partial charge in [-0.2, -0.15) is 0 Å². The molecule has 138 valence electrons. The number of hydrogen-bond donors (Lipinski definition) is 1. The molecule has 25 heavy (non-hydrogen) atoms. The summed E-state index contributed by atoms with van der Waals surface area (Å²) in [6, 6.07) is 9.21. The second-order valence-corrected chi connectivity index (χ2v) is 7.80. The molecule has 0 spiro atoms. The summed E-state index contributed by atoms with van der Waals surface area (Å²) in [6.07, 6.45) is 1.79. The van der Waals surface area contributed by atoms with E-state index in [0.29, 0.717) is 6.04 Å². The van der Waals surface area contributed by atoms with Crippen LogP contribution in [0.15, 0.2) is 24.3 Å². The van der Waals surface area contributed by atoms with Crippen LogP contribution >= 0.6 is 0 Å². The normalized spacial score (nSPS) is 25.5. The van der Waals surface area contributed by atoms with Gasteiger partial charge < -0.3 is 15.5 Å². The predicted octanol–water partition coefficient (Wildman–Crippen LogP) is 2.17. The molecule has 0 unspecified atom stereocenters. The number of nitrogens with zero attached hydrogens (tertiary/aromatic N) is 3. The Balaban J connectivity index is 1.61. The highest BCUT2D eigenvalue weighted by atomic mass is 16.2. The molecule has 0 aliphatic carbocycles. The number of benzene rings is 1. The summed E-state index contributed by atoms with van der Waals surface area (Å²) in [6.45, 7) is 11.7. The smallest absolute Gasteiger partial charge is 0.254 e. The maximum atomic E-state index is 12.8. The van der Waals surface area contributed by atoms with E-state index in [1.807, 2.05) is 17.0 Å².